The fraction of sp³-hybridized carbons (Fsp3) is 0.533. The van der Waals surface area contributed by atoms with Crippen LogP contribution in [0.1, 0.15) is 26.7 Å². The number of hydrogen-bond donors (Lipinski definition) is 0. The van der Waals surface area contributed by atoms with Crippen LogP contribution in [0, 0.1) is 17.0 Å². The van der Waals surface area contributed by atoms with Gasteiger partial charge < -0.3 is 0 Å². The van der Waals surface area contributed by atoms with Crippen molar-refractivity contribution in [2.45, 2.75) is 26.7 Å². The van der Waals surface area contributed by atoms with Gasteiger partial charge in [-0.1, -0.05) is 0 Å². The van der Waals surface area contributed by atoms with Crippen molar-refractivity contribution >= 4 is 38.7 Å². The molecule has 0 radical (unpaired) electrons. The van der Waals surface area contributed by atoms with Gasteiger partial charge in [-0.05, 0) is 0 Å². The average Bonchev–Trinajstić information content (AvgIpc) is 2.53. The molecule has 0 heterocycles. The number of amides is 1. The topological polar surface area (TPSA) is 20.3 Å². The summed E-state index contributed by atoms with van der Waals surface area (Å²) in [5.74, 6) is -1.66. The van der Waals surface area contributed by atoms with Crippen LogP contribution in [-0.2, 0) is 25.2 Å². The molecule has 22 heavy (non-hydrogen) atoms. The Labute approximate surface area is 151 Å². The standard InChI is InChI=1S/C15H18Cl2F2NO.Ti/c1-3-4-7-20(14(21)15(2,9-16)10-17)13-6-5-11(18)8-12(13)19;/h5-6H,3-4,7,9-10H2,1-2H3;. The molecule has 1 aromatic rings. The second-order valence-corrected chi connectivity index (χ2v) is 6.71. The SMILES string of the molecule is CCCCN(C(=O)C(C)(CCl)CCl)c1ccc(F)[c]([Ti])c1F. The molecular weight excluding hydrogens is 367 g/mol. The zero-order valence-electron chi connectivity index (χ0n) is 12.6. The fourth-order valence-electron chi connectivity index (χ4n) is 1.87. The zero-order valence-corrected chi connectivity index (χ0v) is 15.6. The van der Waals surface area contributed by atoms with E-state index in [1.807, 2.05) is 6.92 Å². The van der Waals surface area contributed by atoms with E-state index >= 15 is 0 Å². The number of rotatable bonds is 7. The summed E-state index contributed by atoms with van der Waals surface area (Å²) in [6.45, 7) is 3.94. The molecule has 0 aliphatic heterocycles. The van der Waals surface area contributed by atoms with Gasteiger partial charge >= 0.3 is 152 Å². The van der Waals surface area contributed by atoms with E-state index in [9.17, 15) is 13.6 Å². The third-order valence-corrected chi connectivity index (χ3v) is 5.34. The van der Waals surface area contributed by atoms with Crippen molar-refractivity contribution in [1.82, 2.24) is 0 Å². The maximum absolute atomic E-state index is 14.4. The van der Waals surface area contributed by atoms with Crippen molar-refractivity contribution in [2.75, 3.05) is 23.2 Å². The first kappa shape index (κ1) is 19.9. The number of halogens is 4. The number of alkyl halides is 2. The van der Waals surface area contributed by atoms with E-state index in [1.165, 1.54) is 37.5 Å². The maximum atomic E-state index is 14.4. The van der Waals surface area contributed by atoms with Gasteiger partial charge in [-0.15, -0.1) is 0 Å². The predicted molar refractivity (Wildman–Crippen MR) is 82.8 cm³/mol. The van der Waals surface area contributed by atoms with Crippen LogP contribution in [0.15, 0.2) is 12.1 Å². The Morgan fingerprint density at radius 2 is 1.91 bits per heavy atom. The molecule has 1 aromatic carbocycles. The van der Waals surface area contributed by atoms with Gasteiger partial charge in [0.15, 0.2) is 0 Å². The molecule has 7 heteroatoms. The first-order chi connectivity index (χ1) is 10.3. The van der Waals surface area contributed by atoms with E-state index < -0.39 is 17.0 Å². The van der Waals surface area contributed by atoms with E-state index in [2.05, 4.69) is 0 Å². The van der Waals surface area contributed by atoms with Crippen molar-refractivity contribution in [3.8, 4) is 0 Å². The molecule has 0 saturated heterocycles. The average molecular weight is 385 g/mol. The summed E-state index contributed by atoms with van der Waals surface area (Å²) >= 11 is 13.1. The van der Waals surface area contributed by atoms with Gasteiger partial charge in [0.25, 0.3) is 0 Å². The first-order valence-electron chi connectivity index (χ1n) is 6.95. The van der Waals surface area contributed by atoms with Crippen LogP contribution in [0.2, 0.25) is 0 Å². The molecule has 0 atom stereocenters. The monoisotopic (exact) mass is 384 g/mol. The quantitative estimate of drug-likeness (QED) is 0.517. The molecule has 0 bridgehead atoms. The Morgan fingerprint density at radius 3 is 2.41 bits per heavy atom. The molecule has 0 N–H and O–H groups in total. The minimum absolute atomic E-state index is 0.0275. The van der Waals surface area contributed by atoms with Crippen molar-refractivity contribution in [2.24, 2.45) is 5.41 Å². The van der Waals surface area contributed by atoms with Gasteiger partial charge in [-0.25, -0.2) is 0 Å². The predicted octanol–water partition coefficient (Wildman–Crippen LogP) is 3.75. The molecular formula is C15H18Cl2F2NOTi. The second kappa shape index (κ2) is 8.63. The van der Waals surface area contributed by atoms with Crippen LogP contribution in [-0.4, -0.2) is 24.2 Å². The number of carbonyl (C=O) groups is 1. The molecule has 0 aromatic heterocycles. The molecule has 0 aliphatic carbocycles. The van der Waals surface area contributed by atoms with E-state index in [0.29, 0.717) is 13.0 Å². The molecule has 1 rings (SSSR count). The summed E-state index contributed by atoms with van der Waals surface area (Å²) in [6.07, 6.45) is 1.53. The molecule has 0 aliphatic rings. The molecule has 0 spiro atoms. The first-order valence-corrected chi connectivity index (χ1v) is 8.80. The van der Waals surface area contributed by atoms with Gasteiger partial charge in [0.1, 0.15) is 0 Å². The minimum atomic E-state index is -0.994. The molecule has 121 valence electrons. The summed E-state index contributed by atoms with van der Waals surface area (Å²) < 4.78 is 27.7. The molecule has 2 nitrogen and oxygen atoms in total. The van der Waals surface area contributed by atoms with Crippen molar-refractivity contribution in [3.63, 3.8) is 0 Å². The Bertz CT molecular complexity index is 539. The van der Waals surface area contributed by atoms with Gasteiger partial charge in [-0.3, -0.25) is 0 Å². The normalized spacial score (nSPS) is 11.5. The molecule has 0 unspecified atom stereocenters. The van der Waals surface area contributed by atoms with Crippen molar-refractivity contribution in [3.05, 3.63) is 23.8 Å². The number of nitrogens with zero attached hydrogens (tertiary/aromatic N) is 1. The number of unbranched alkanes of at least 4 members (excludes halogenated alkanes) is 1. The Hall–Kier alpha value is -0.156. The van der Waals surface area contributed by atoms with Crippen molar-refractivity contribution < 1.29 is 34.0 Å². The Kier molecular flexibility index (Phi) is 7.80. The van der Waals surface area contributed by atoms with E-state index in [-0.39, 0.29) is 27.2 Å². The summed E-state index contributed by atoms with van der Waals surface area (Å²) in [7, 11) is 0. The Balaban J connectivity index is 3.30. The van der Waals surface area contributed by atoms with Crippen LogP contribution >= 0.6 is 23.2 Å². The number of carbonyl (C=O) groups excluding carboxylic acids is 1. The van der Waals surface area contributed by atoms with Crippen LogP contribution in [0.3, 0.4) is 0 Å². The van der Waals surface area contributed by atoms with Crippen LogP contribution in [0.25, 0.3) is 0 Å². The van der Waals surface area contributed by atoms with Crippen LogP contribution in [0.4, 0.5) is 14.5 Å². The van der Waals surface area contributed by atoms with Crippen LogP contribution < -0.4 is 8.77 Å². The number of hydrogen-bond acceptors (Lipinski definition) is 1. The van der Waals surface area contributed by atoms with Crippen molar-refractivity contribution in [1.29, 1.82) is 0 Å². The molecule has 0 fully saturated rings. The van der Waals surface area contributed by atoms with Gasteiger partial charge in [0.05, 0.1) is 0 Å². The fourth-order valence-corrected chi connectivity index (χ4v) is 2.72. The number of benzene rings is 1. The summed E-state index contributed by atoms with van der Waals surface area (Å²) in [5, 5.41) is 0. The summed E-state index contributed by atoms with van der Waals surface area (Å²) in [6, 6.07) is 2.45. The third kappa shape index (κ3) is 4.22. The van der Waals surface area contributed by atoms with Gasteiger partial charge in [-0.2, -0.15) is 0 Å². The molecule has 1 amide bonds. The number of anilines is 1. The van der Waals surface area contributed by atoms with Gasteiger partial charge in [0.2, 0.25) is 0 Å². The Morgan fingerprint density at radius 1 is 1.32 bits per heavy atom. The summed E-state index contributed by atoms with van der Waals surface area (Å²) in [4.78, 5) is 14.1. The third-order valence-electron chi connectivity index (χ3n) is 3.45. The van der Waals surface area contributed by atoms with E-state index in [4.69, 9.17) is 23.2 Å². The second-order valence-electron chi connectivity index (χ2n) is 5.39. The van der Waals surface area contributed by atoms with Crippen LogP contribution in [0.5, 0.6) is 0 Å². The molecule has 0 saturated carbocycles. The van der Waals surface area contributed by atoms with E-state index in [0.717, 1.165) is 6.42 Å². The summed E-state index contributed by atoms with van der Waals surface area (Å²) in [5.41, 5.74) is -0.926. The van der Waals surface area contributed by atoms with E-state index in [1.54, 1.807) is 6.92 Å². The van der Waals surface area contributed by atoms with Gasteiger partial charge in [0, 0.05) is 0 Å². The zero-order chi connectivity index (χ0) is 16.9.